The average molecular weight is 368 g/mol. The zero-order chi connectivity index (χ0) is 18.3. The number of rotatable bonds is 4. The van der Waals surface area contributed by atoms with E-state index in [-0.39, 0.29) is 11.9 Å². The fourth-order valence-corrected chi connectivity index (χ4v) is 4.08. The van der Waals surface area contributed by atoms with Crippen molar-refractivity contribution in [2.75, 3.05) is 25.5 Å². The van der Waals surface area contributed by atoms with Crippen molar-refractivity contribution in [1.29, 1.82) is 0 Å². The number of nitrogens with one attached hydrogen (secondary N) is 2. The first-order valence-electron chi connectivity index (χ1n) is 8.42. The van der Waals surface area contributed by atoms with Crippen molar-refractivity contribution in [3.8, 4) is 0 Å². The third-order valence-corrected chi connectivity index (χ3v) is 5.55. The Labute approximate surface area is 156 Å². The van der Waals surface area contributed by atoms with Crippen LogP contribution in [-0.2, 0) is 11.3 Å². The molecule has 1 atom stereocenters. The van der Waals surface area contributed by atoms with Gasteiger partial charge in [-0.15, -0.1) is 11.3 Å². The number of hydrogen-bond donors (Lipinski definition) is 2. The summed E-state index contributed by atoms with van der Waals surface area (Å²) in [7, 11) is 3.95. The molecule has 7 heteroatoms. The second-order valence-electron chi connectivity index (χ2n) is 6.65. The number of anilines is 1. The Kier molecular flexibility index (Phi) is 4.16. The second-order valence-corrected chi connectivity index (χ2v) is 7.68. The van der Waals surface area contributed by atoms with E-state index in [1.807, 2.05) is 60.8 Å². The molecule has 2 aliphatic heterocycles. The van der Waals surface area contributed by atoms with E-state index in [0.29, 0.717) is 24.4 Å². The quantitative estimate of drug-likeness (QED) is 0.871. The third-order valence-electron chi connectivity index (χ3n) is 4.69. The van der Waals surface area contributed by atoms with Crippen molar-refractivity contribution in [2.45, 2.75) is 12.6 Å². The standard InChI is InChI=1S/C19H20N4O2S/c1-22(2)13-7-5-12(6-8-13)17-16-15(20-19(25)21-17)11-23(18(16)24)10-14-4-3-9-26-14/h3-9,17H,10-11H2,1-2H3,(H2,20,21,25)/t17-/m0/s1. The fraction of sp³-hybridized carbons (Fsp3) is 0.263. The molecule has 0 bridgehead atoms. The van der Waals surface area contributed by atoms with Gasteiger partial charge in [-0.25, -0.2) is 4.79 Å². The SMILES string of the molecule is CN(C)c1ccc([C@@H]2NC(=O)NC3=C2C(=O)N(Cc2cccs2)C3)cc1. The fourth-order valence-electron chi connectivity index (χ4n) is 3.36. The number of hydrogen-bond acceptors (Lipinski definition) is 4. The lowest BCUT2D eigenvalue weighted by Gasteiger charge is -2.26. The number of urea groups is 1. The van der Waals surface area contributed by atoms with Crippen LogP contribution in [0.3, 0.4) is 0 Å². The molecule has 0 radical (unpaired) electrons. The summed E-state index contributed by atoms with van der Waals surface area (Å²) in [5.41, 5.74) is 3.32. The minimum atomic E-state index is -0.421. The van der Waals surface area contributed by atoms with Gasteiger partial charge >= 0.3 is 6.03 Å². The Morgan fingerprint density at radius 3 is 2.62 bits per heavy atom. The first-order chi connectivity index (χ1) is 12.5. The first kappa shape index (κ1) is 16.7. The van der Waals surface area contributed by atoms with E-state index in [1.165, 1.54) is 0 Å². The summed E-state index contributed by atoms with van der Waals surface area (Å²) >= 11 is 1.63. The van der Waals surface area contributed by atoms with Crippen molar-refractivity contribution in [3.05, 3.63) is 63.5 Å². The summed E-state index contributed by atoms with van der Waals surface area (Å²) in [6.45, 7) is 0.997. The minimum Gasteiger partial charge on any atom is -0.378 e. The van der Waals surface area contributed by atoms with Crippen LogP contribution in [0.4, 0.5) is 10.5 Å². The largest absolute Gasteiger partial charge is 0.378 e. The molecule has 2 N–H and O–H groups in total. The lowest BCUT2D eigenvalue weighted by Crippen LogP contribution is -2.44. The molecule has 2 aromatic rings. The Morgan fingerprint density at radius 1 is 1.19 bits per heavy atom. The van der Waals surface area contributed by atoms with Crippen LogP contribution in [0.1, 0.15) is 16.5 Å². The monoisotopic (exact) mass is 368 g/mol. The topological polar surface area (TPSA) is 64.7 Å². The van der Waals surface area contributed by atoms with Gasteiger partial charge in [0, 0.05) is 24.7 Å². The summed E-state index contributed by atoms with van der Waals surface area (Å²) in [5, 5.41) is 7.71. The van der Waals surface area contributed by atoms with Crippen LogP contribution in [0.15, 0.2) is 53.0 Å². The van der Waals surface area contributed by atoms with Gasteiger partial charge in [0.15, 0.2) is 0 Å². The maximum atomic E-state index is 13.0. The molecular weight excluding hydrogens is 348 g/mol. The predicted octanol–water partition coefficient (Wildman–Crippen LogP) is 2.46. The number of carbonyl (C=O) groups excluding carboxylic acids is 2. The van der Waals surface area contributed by atoms with Crippen LogP contribution in [0.5, 0.6) is 0 Å². The van der Waals surface area contributed by atoms with Crippen molar-refractivity contribution < 1.29 is 9.59 Å². The van der Waals surface area contributed by atoms with Crippen molar-refractivity contribution >= 4 is 29.0 Å². The van der Waals surface area contributed by atoms with Gasteiger partial charge < -0.3 is 20.4 Å². The van der Waals surface area contributed by atoms with Crippen LogP contribution in [0.25, 0.3) is 0 Å². The van der Waals surface area contributed by atoms with Crippen LogP contribution in [-0.4, -0.2) is 37.5 Å². The van der Waals surface area contributed by atoms with E-state index in [4.69, 9.17) is 0 Å². The Morgan fingerprint density at radius 2 is 1.96 bits per heavy atom. The van der Waals surface area contributed by atoms with E-state index in [1.54, 1.807) is 16.2 Å². The van der Waals surface area contributed by atoms with Gasteiger partial charge in [0.25, 0.3) is 5.91 Å². The summed E-state index contributed by atoms with van der Waals surface area (Å²) in [6, 6.07) is 11.2. The molecule has 26 heavy (non-hydrogen) atoms. The molecule has 0 fully saturated rings. The Bertz CT molecular complexity index is 871. The molecule has 0 aliphatic carbocycles. The highest BCUT2D eigenvalue weighted by atomic mass is 32.1. The lowest BCUT2D eigenvalue weighted by molar-refractivity contribution is -0.126. The normalized spacial score (nSPS) is 19.3. The third kappa shape index (κ3) is 2.94. The zero-order valence-corrected chi connectivity index (χ0v) is 15.5. The highest BCUT2D eigenvalue weighted by Crippen LogP contribution is 2.34. The molecule has 1 aromatic carbocycles. The van der Waals surface area contributed by atoms with Gasteiger partial charge in [0.05, 0.1) is 30.4 Å². The molecule has 0 unspecified atom stereocenters. The molecular formula is C19H20N4O2S. The Hall–Kier alpha value is -2.80. The molecule has 2 aliphatic rings. The Balaban J connectivity index is 1.62. The van der Waals surface area contributed by atoms with Gasteiger partial charge in [0.1, 0.15) is 0 Å². The smallest absolute Gasteiger partial charge is 0.319 e. The van der Waals surface area contributed by atoms with Gasteiger partial charge in [0.2, 0.25) is 0 Å². The average Bonchev–Trinajstić information content (AvgIpc) is 3.23. The maximum absolute atomic E-state index is 13.0. The number of amides is 3. The minimum absolute atomic E-state index is 0.0254. The van der Waals surface area contributed by atoms with Crippen molar-refractivity contribution in [1.82, 2.24) is 15.5 Å². The molecule has 0 saturated heterocycles. The summed E-state index contributed by atoms with van der Waals surface area (Å²) in [6.07, 6.45) is 0. The van der Waals surface area contributed by atoms with Crippen LogP contribution in [0, 0.1) is 0 Å². The molecule has 4 rings (SSSR count). The second kappa shape index (κ2) is 6.49. The summed E-state index contributed by atoms with van der Waals surface area (Å²) < 4.78 is 0. The van der Waals surface area contributed by atoms with E-state index in [9.17, 15) is 9.59 Å². The molecule has 1 aromatic heterocycles. The van der Waals surface area contributed by atoms with Crippen molar-refractivity contribution in [3.63, 3.8) is 0 Å². The van der Waals surface area contributed by atoms with E-state index < -0.39 is 6.04 Å². The molecule has 3 heterocycles. The first-order valence-corrected chi connectivity index (χ1v) is 9.30. The van der Waals surface area contributed by atoms with Gasteiger partial charge in [-0.3, -0.25) is 4.79 Å². The van der Waals surface area contributed by atoms with Gasteiger partial charge in [-0.1, -0.05) is 18.2 Å². The lowest BCUT2D eigenvalue weighted by atomic mass is 9.96. The van der Waals surface area contributed by atoms with Crippen LogP contribution >= 0.6 is 11.3 Å². The molecule has 3 amide bonds. The van der Waals surface area contributed by atoms with Gasteiger partial charge in [-0.05, 0) is 29.1 Å². The molecule has 0 spiro atoms. The van der Waals surface area contributed by atoms with Gasteiger partial charge in [-0.2, -0.15) is 0 Å². The number of nitrogens with zero attached hydrogens (tertiary/aromatic N) is 2. The highest BCUT2D eigenvalue weighted by Gasteiger charge is 2.40. The summed E-state index contributed by atoms with van der Waals surface area (Å²) in [4.78, 5) is 30.0. The zero-order valence-electron chi connectivity index (χ0n) is 14.7. The maximum Gasteiger partial charge on any atom is 0.319 e. The van der Waals surface area contributed by atoms with E-state index in [0.717, 1.165) is 16.1 Å². The molecule has 134 valence electrons. The van der Waals surface area contributed by atoms with Crippen LogP contribution in [0.2, 0.25) is 0 Å². The number of thiophene rings is 1. The summed E-state index contributed by atoms with van der Waals surface area (Å²) in [5.74, 6) is -0.0254. The van der Waals surface area contributed by atoms with Crippen molar-refractivity contribution in [2.24, 2.45) is 0 Å². The predicted molar refractivity (Wildman–Crippen MR) is 102 cm³/mol. The molecule has 0 saturated carbocycles. The van der Waals surface area contributed by atoms with E-state index >= 15 is 0 Å². The van der Waals surface area contributed by atoms with E-state index in [2.05, 4.69) is 10.6 Å². The number of carbonyl (C=O) groups is 2. The highest BCUT2D eigenvalue weighted by molar-refractivity contribution is 7.09. The molecule has 6 nitrogen and oxygen atoms in total. The number of benzene rings is 1. The van der Waals surface area contributed by atoms with Crippen LogP contribution < -0.4 is 15.5 Å².